The van der Waals surface area contributed by atoms with E-state index in [-0.39, 0.29) is 76.9 Å². The van der Waals surface area contributed by atoms with Gasteiger partial charge in [0.1, 0.15) is 8.49 Å². The smallest absolute Gasteiger partial charge is 0.231 e. The summed E-state index contributed by atoms with van der Waals surface area (Å²) in [5, 5.41) is 0. The first-order valence-electron chi connectivity index (χ1n) is 18.2. The van der Waals surface area contributed by atoms with E-state index < -0.39 is 12.8 Å². The van der Waals surface area contributed by atoms with Gasteiger partial charge in [-0.15, -0.1) is 0 Å². The SMILES string of the molecule is [2H]c1cc2c([2H])c(c1OC)Oc1ccc(cc1)C[C@@H]1c3c(cc4c(c3Oc3c([2H])c5c(c([2H])c3OC)CCN(C)[C@H]5C2)OC([2H])([2H])O4)CCN1C. The standard InChI is InChI=1S/C37H38N2O6/c1-38-13-11-24-18-31(41-4)33-20-27(24)28(38)16-23-7-10-30(40-3)32(17-23)44-26-8-5-22(6-9-26)15-29-35-25(12-14-39(29)2)19-34-36(37(35)45-33)43-21-42-34/h5-10,17-20,28-29H,11-16,21H2,1-4H3/t28-,29+/m0/s1/i10D,17D,18D,20D,21D2. The molecule has 6 bridgehead atoms. The fourth-order valence-electron chi connectivity index (χ4n) is 6.84. The molecule has 4 aromatic carbocycles. The normalized spacial score (nSPS) is 23.4. The van der Waals surface area contributed by atoms with Gasteiger partial charge in [0.15, 0.2) is 34.5 Å². The van der Waals surface area contributed by atoms with E-state index in [1.807, 2.05) is 44.4 Å². The average Bonchev–Trinajstić information content (AvgIpc) is 3.41. The molecule has 4 aromatic rings. The van der Waals surface area contributed by atoms with Crippen LogP contribution in [0, 0.1) is 0 Å². The fraction of sp³-hybridized carbons (Fsp3) is 0.351. The van der Waals surface area contributed by atoms with Crippen LogP contribution in [0.4, 0.5) is 0 Å². The molecule has 5 aliphatic rings. The molecule has 5 aliphatic heterocycles. The first-order chi connectivity index (χ1) is 24.4. The lowest BCUT2D eigenvalue weighted by Crippen LogP contribution is -2.34. The Labute approximate surface area is 272 Å². The molecule has 0 amide bonds. The van der Waals surface area contributed by atoms with Gasteiger partial charge >= 0.3 is 0 Å². The lowest BCUT2D eigenvalue weighted by Gasteiger charge is -2.37. The number of methoxy groups -OCH3 is 2. The van der Waals surface area contributed by atoms with Crippen molar-refractivity contribution in [2.24, 2.45) is 0 Å². The Kier molecular flexibility index (Phi) is 5.51. The van der Waals surface area contributed by atoms with Gasteiger partial charge < -0.3 is 28.4 Å². The summed E-state index contributed by atoms with van der Waals surface area (Å²) in [6.07, 6.45) is 1.92. The Bertz CT molecular complexity index is 2080. The number of rotatable bonds is 2. The van der Waals surface area contributed by atoms with Gasteiger partial charge in [-0.05, 0) is 110 Å². The zero-order valence-electron chi connectivity index (χ0n) is 31.7. The van der Waals surface area contributed by atoms with Crippen LogP contribution in [-0.4, -0.2) is 57.9 Å². The van der Waals surface area contributed by atoms with Crippen molar-refractivity contribution in [3.8, 4) is 46.0 Å². The lowest BCUT2D eigenvalue weighted by atomic mass is 9.87. The van der Waals surface area contributed by atoms with E-state index in [0.29, 0.717) is 48.2 Å². The van der Waals surface area contributed by atoms with Crippen molar-refractivity contribution in [2.45, 2.75) is 37.8 Å². The summed E-state index contributed by atoms with van der Waals surface area (Å²) < 4.78 is 89.6. The van der Waals surface area contributed by atoms with Crippen molar-refractivity contribution in [1.29, 1.82) is 0 Å². The Balaban J connectivity index is 1.41. The molecular formula is C37H38N2O6. The summed E-state index contributed by atoms with van der Waals surface area (Å²) in [5.74, 6) is 1.40. The molecule has 8 nitrogen and oxygen atoms in total. The van der Waals surface area contributed by atoms with Crippen molar-refractivity contribution < 1.29 is 36.6 Å². The number of nitrogens with zero attached hydrogens (tertiary/aromatic N) is 2. The van der Waals surface area contributed by atoms with Gasteiger partial charge in [0, 0.05) is 30.7 Å². The molecule has 232 valence electrons. The molecule has 0 aliphatic carbocycles. The number of benzene rings is 4. The fourth-order valence-corrected chi connectivity index (χ4v) is 6.84. The molecule has 0 unspecified atom stereocenters. The van der Waals surface area contributed by atoms with E-state index in [0.717, 1.165) is 23.2 Å². The Hall–Kier alpha value is -4.40. The molecule has 9 rings (SSSR count). The van der Waals surface area contributed by atoms with Crippen molar-refractivity contribution in [2.75, 3.05) is 48.1 Å². The maximum Gasteiger partial charge on any atom is 0.231 e. The van der Waals surface area contributed by atoms with Gasteiger partial charge in [-0.1, -0.05) is 18.2 Å². The summed E-state index contributed by atoms with van der Waals surface area (Å²) in [6.45, 7) is -1.12. The number of fused-ring (bicyclic) bond motifs is 3. The second-order valence-corrected chi connectivity index (χ2v) is 11.9. The predicted octanol–water partition coefficient (Wildman–Crippen LogP) is 6.87. The van der Waals surface area contributed by atoms with Crippen LogP contribution >= 0.6 is 0 Å². The Morgan fingerprint density at radius 1 is 0.756 bits per heavy atom. The number of ether oxygens (including phenoxy) is 6. The van der Waals surface area contributed by atoms with Crippen LogP contribution in [0.5, 0.6) is 46.0 Å². The topological polar surface area (TPSA) is 61.9 Å². The molecule has 2 atom stereocenters. The van der Waals surface area contributed by atoms with E-state index in [1.54, 1.807) is 6.07 Å². The first-order valence-corrected chi connectivity index (χ1v) is 15.2. The minimum Gasteiger partial charge on any atom is -0.493 e. The maximum absolute atomic E-state index is 9.71. The third-order valence-electron chi connectivity index (χ3n) is 9.30. The third kappa shape index (κ3) is 4.93. The maximum atomic E-state index is 9.71. The molecule has 0 N–H and O–H groups in total. The summed E-state index contributed by atoms with van der Waals surface area (Å²) in [4.78, 5) is 4.29. The van der Waals surface area contributed by atoms with Gasteiger partial charge in [0.2, 0.25) is 12.5 Å². The molecule has 5 heterocycles. The third-order valence-corrected chi connectivity index (χ3v) is 9.30. The second-order valence-electron chi connectivity index (χ2n) is 11.9. The van der Waals surface area contributed by atoms with Crippen LogP contribution in [-0.2, 0) is 25.7 Å². The molecule has 0 aromatic heterocycles. The molecule has 0 radical (unpaired) electrons. The first kappa shape index (κ1) is 22.2. The predicted molar refractivity (Wildman–Crippen MR) is 171 cm³/mol. The monoisotopic (exact) mass is 612 g/mol. The molecule has 0 saturated heterocycles. The van der Waals surface area contributed by atoms with Crippen LogP contribution in [0.15, 0.2) is 60.6 Å². The minimum atomic E-state index is -2.44. The molecule has 45 heavy (non-hydrogen) atoms. The van der Waals surface area contributed by atoms with Gasteiger partial charge in [-0.3, -0.25) is 9.80 Å². The highest BCUT2D eigenvalue weighted by atomic mass is 16.7. The molecule has 0 saturated carbocycles. The molecule has 0 spiro atoms. The number of hydrogen-bond acceptors (Lipinski definition) is 8. The van der Waals surface area contributed by atoms with Gasteiger partial charge in [0.05, 0.1) is 19.7 Å². The molecular weight excluding hydrogens is 568 g/mol. The van der Waals surface area contributed by atoms with E-state index in [4.69, 9.17) is 32.5 Å². The molecule has 0 fully saturated rings. The largest absolute Gasteiger partial charge is 0.493 e. The zero-order valence-corrected chi connectivity index (χ0v) is 25.7. The van der Waals surface area contributed by atoms with Gasteiger partial charge in [-0.2, -0.15) is 0 Å². The second kappa shape index (κ2) is 11.2. The highest BCUT2D eigenvalue weighted by Crippen LogP contribution is 2.53. The van der Waals surface area contributed by atoms with Crippen LogP contribution in [0.25, 0.3) is 0 Å². The van der Waals surface area contributed by atoms with Crippen molar-refractivity contribution in [3.63, 3.8) is 0 Å². The van der Waals surface area contributed by atoms with Crippen molar-refractivity contribution in [3.05, 3.63) is 93.9 Å². The van der Waals surface area contributed by atoms with Crippen LogP contribution in [0.3, 0.4) is 0 Å². The zero-order chi connectivity index (χ0) is 35.9. The number of hydrogen-bond donors (Lipinski definition) is 0. The highest BCUT2D eigenvalue weighted by molar-refractivity contribution is 5.64. The van der Waals surface area contributed by atoms with E-state index >= 15 is 0 Å². The van der Waals surface area contributed by atoms with E-state index in [2.05, 4.69) is 9.80 Å². The van der Waals surface area contributed by atoms with E-state index in [9.17, 15) is 4.11 Å². The highest BCUT2D eigenvalue weighted by Gasteiger charge is 2.36. The minimum absolute atomic E-state index is 0.0108. The number of likely N-dealkylation sites (N-methyl/N-ethyl adjacent to an activating group) is 2. The van der Waals surface area contributed by atoms with E-state index in [1.165, 1.54) is 14.2 Å². The lowest BCUT2D eigenvalue weighted by molar-refractivity contribution is 0.171. The van der Waals surface area contributed by atoms with Crippen LogP contribution in [0.2, 0.25) is 0 Å². The average molecular weight is 613 g/mol. The Morgan fingerprint density at radius 2 is 1.49 bits per heavy atom. The Morgan fingerprint density at radius 3 is 2.29 bits per heavy atom. The quantitative estimate of drug-likeness (QED) is 0.243. The molecule has 8 heteroatoms. The summed E-state index contributed by atoms with van der Waals surface area (Å²) in [7, 11) is 6.86. The van der Waals surface area contributed by atoms with Gasteiger partial charge in [0.25, 0.3) is 0 Å². The summed E-state index contributed by atoms with van der Waals surface area (Å²) in [5.41, 5.74) is 4.41. The van der Waals surface area contributed by atoms with Crippen molar-refractivity contribution >= 4 is 0 Å². The van der Waals surface area contributed by atoms with Gasteiger partial charge in [-0.25, -0.2) is 0 Å². The van der Waals surface area contributed by atoms with Crippen molar-refractivity contribution in [1.82, 2.24) is 9.80 Å². The summed E-state index contributed by atoms with van der Waals surface area (Å²) in [6, 6.07) is 10.5. The van der Waals surface area contributed by atoms with Crippen LogP contribution in [0.1, 0.15) is 53.7 Å². The summed E-state index contributed by atoms with van der Waals surface area (Å²) >= 11 is 0. The van der Waals surface area contributed by atoms with Crippen LogP contribution < -0.4 is 28.4 Å².